The summed E-state index contributed by atoms with van der Waals surface area (Å²) in [6, 6.07) is 15.6. The summed E-state index contributed by atoms with van der Waals surface area (Å²) in [7, 11) is 0. The zero-order valence-corrected chi connectivity index (χ0v) is 17.7. The van der Waals surface area contributed by atoms with Gasteiger partial charge < -0.3 is 20.1 Å². The molecule has 2 aromatic rings. The molecule has 0 spiro atoms. The number of carboxylic acid groups (broad SMARTS) is 1. The van der Waals surface area contributed by atoms with Gasteiger partial charge in [-0.05, 0) is 43.0 Å². The van der Waals surface area contributed by atoms with Crippen LogP contribution in [-0.4, -0.2) is 47.2 Å². The highest BCUT2D eigenvalue weighted by Crippen LogP contribution is 2.30. The molecular formula is C24H30N2O4. The summed E-state index contributed by atoms with van der Waals surface area (Å²) in [4.78, 5) is 25.3. The van der Waals surface area contributed by atoms with E-state index in [4.69, 9.17) is 9.84 Å². The minimum Gasteiger partial charge on any atom is -0.494 e. The molecule has 2 amide bonds. The van der Waals surface area contributed by atoms with Crippen molar-refractivity contribution in [1.82, 2.24) is 10.2 Å². The van der Waals surface area contributed by atoms with E-state index in [-0.39, 0.29) is 18.0 Å². The third kappa shape index (κ3) is 5.32. The van der Waals surface area contributed by atoms with E-state index in [9.17, 15) is 9.59 Å². The number of aliphatic carboxylic acids is 1. The molecule has 6 heteroatoms. The SMILES string of the molecule is CCCN1C(=O)NCC1(CCOc1ccc(CC(=O)O)cc1)Cc1ccc(C)cc1. The van der Waals surface area contributed by atoms with Gasteiger partial charge in [0.25, 0.3) is 0 Å². The number of ether oxygens (including phenoxy) is 1. The first-order chi connectivity index (χ1) is 14.4. The number of urea groups is 1. The summed E-state index contributed by atoms with van der Waals surface area (Å²) in [6.07, 6.45) is 2.37. The average Bonchev–Trinajstić information content (AvgIpc) is 3.01. The molecule has 0 aromatic heterocycles. The van der Waals surface area contributed by atoms with Crippen LogP contribution in [0.15, 0.2) is 48.5 Å². The minimum atomic E-state index is -0.851. The average molecular weight is 411 g/mol. The Balaban J connectivity index is 1.70. The van der Waals surface area contributed by atoms with Crippen LogP contribution in [0.1, 0.15) is 36.5 Å². The Kier molecular flexibility index (Phi) is 6.98. The molecule has 1 unspecified atom stereocenters. The number of aryl methyl sites for hydroxylation is 1. The highest BCUT2D eigenvalue weighted by molar-refractivity contribution is 5.78. The van der Waals surface area contributed by atoms with Crippen molar-refractivity contribution in [2.75, 3.05) is 19.7 Å². The van der Waals surface area contributed by atoms with Crippen molar-refractivity contribution in [3.05, 3.63) is 65.2 Å². The Hall–Kier alpha value is -3.02. The quantitative estimate of drug-likeness (QED) is 0.624. The van der Waals surface area contributed by atoms with Crippen LogP contribution in [0.4, 0.5) is 4.79 Å². The lowest BCUT2D eigenvalue weighted by Gasteiger charge is -2.37. The van der Waals surface area contributed by atoms with Crippen LogP contribution in [0.2, 0.25) is 0 Å². The molecule has 160 valence electrons. The fraction of sp³-hybridized carbons (Fsp3) is 0.417. The number of benzene rings is 2. The Morgan fingerprint density at radius 2 is 1.80 bits per heavy atom. The number of amides is 2. The maximum Gasteiger partial charge on any atom is 0.318 e. The van der Waals surface area contributed by atoms with Crippen molar-refractivity contribution in [1.29, 1.82) is 0 Å². The van der Waals surface area contributed by atoms with Crippen molar-refractivity contribution < 1.29 is 19.4 Å². The van der Waals surface area contributed by atoms with Crippen LogP contribution in [0, 0.1) is 6.92 Å². The molecular weight excluding hydrogens is 380 g/mol. The van der Waals surface area contributed by atoms with Gasteiger partial charge in [-0.25, -0.2) is 4.79 Å². The molecule has 2 aromatic carbocycles. The summed E-state index contributed by atoms with van der Waals surface area (Å²) >= 11 is 0. The van der Waals surface area contributed by atoms with Gasteiger partial charge in [0.2, 0.25) is 0 Å². The number of carbonyl (C=O) groups is 2. The second-order valence-electron chi connectivity index (χ2n) is 8.01. The first-order valence-corrected chi connectivity index (χ1v) is 10.5. The lowest BCUT2D eigenvalue weighted by Crippen LogP contribution is -2.50. The number of rotatable bonds is 10. The largest absolute Gasteiger partial charge is 0.494 e. The summed E-state index contributed by atoms with van der Waals surface area (Å²) < 4.78 is 5.96. The molecule has 1 aliphatic rings. The normalized spacial score (nSPS) is 18.3. The Labute approximate surface area is 177 Å². The van der Waals surface area contributed by atoms with Crippen LogP contribution in [0.3, 0.4) is 0 Å². The van der Waals surface area contributed by atoms with Crippen molar-refractivity contribution >= 4 is 12.0 Å². The van der Waals surface area contributed by atoms with Gasteiger partial charge in [0.15, 0.2) is 0 Å². The fourth-order valence-corrected chi connectivity index (χ4v) is 4.00. The van der Waals surface area contributed by atoms with Crippen LogP contribution in [-0.2, 0) is 17.6 Å². The second kappa shape index (κ2) is 9.65. The second-order valence-corrected chi connectivity index (χ2v) is 8.01. The van der Waals surface area contributed by atoms with Gasteiger partial charge in [0.1, 0.15) is 5.75 Å². The van der Waals surface area contributed by atoms with E-state index >= 15 is 0 Å². The van der Waals surface area contributed by atoms with Crippen LogP contribution >= 0.6 is 0 Å². The predicted molar refractivity (Wildman–Crippen MR) is 116 cm³/mol. The van der Waals surface area contributed by atoms with E-state index in [2.05, 4.69) is 43.4 Å². The summed E-state index contributed by atoms with van der Waals surface area (Å²) in [5.41, 5.74) is 2.83. The molecule has 1 atom stereocenters. The lowest BCUT2D eigenvalue weighted by molar-refractivity contribution is -0.136. The molecule has 30 heavy (non-hydrogen) atoms. The fourth-order valence-electron chi connectivity index (χ4n) is 4.00. The number of hydrogen-bond donors (Lipinski definition) is 2. The number of carboxylic acids is 1. The molecule has 1 aliphatic heterocycles. The van der Waals surface area contributed by atoms with Crippen LogP contribution < -0.4 is 10.1 Å². The number of nitrogens with one attached hydrogen (secondary N) is 1. The monoisotopic (exact) mass is 410 g/mol. The van der Waals surface area contributed by atoms with E-state index < -0.39 is 5.97 Å². The van der Waals surface area contributed by atoms with Gasteiger partial charge in [0, 0.05) is 19.5 Å². The molecule has 1 saturated heterocycles. The number of hydrogen-bond acceptors (Lipinski definition) is 3. The number of nitrogens with zero attached hydrogens (tertiary/aromatic N) is 1. The van der Waals surface area contributed by atoms with E-state index in [1.807, 2.05) is 4.90 Å². The standard InChI is InChI=1S/C24H30N2O4/c1-3-13-26-23(29)25-17-24(26,16-20-6-4-18(2)5-7-20)12-14-30-21-10-8-19(9-11-21)15-22(27)28/h4-11H,3,12-17H2,1-2H3,(H,25,29)(H,27,28). The lowest BCUT2D eigenvalue weighted by atomic mass is 9.86. The highest BCUT2D eigenvalue weighted by Gasteiger charge is 2.44. The zero-order valence-electron chi connectivity index (χ0n) is 17.7. The predicted octanol–water partition coefficient (Wildman–Crippen LogP) is 3.81. The molecule has 0 radical (unpaired) electrons. The molecule has 2 N–H and O–H groups in total. The van der Waals surface area contributed by atoms with E-state index in [0.717, 1.165) is 18.4 Å². The smallest absolute Gasteiger partial charge is 0.318 e. The van der Waals surface area contributed by atoms with Crippen LogP contribution in [0.25, 0.3) is 0 Å². The maximum absolute atomic E-state index is 12.5. The molecule has 3 rings (SSSR count). The molecule has 0 saturated carbocycles. The third-order valence-corrected chi connectivity index (χ3v) is 5.60. The summed E-state index contributed by atoms with van der Waals surface area (Å²) in [6.45, 7) is 5.93. The van der Waals surface area contributed by atoms with Crippen molar-refractivity contribution in [2.45, 2.75) is 45.1 Å². The maximum atomic E-state index is 12.5. The van der Waals surface area contributed by atoms with Gasteiger partial charge >= 0.3 is 12.0 Å². The van der Waals surface area contributed by atoms with Gasteiger partial charge in [-0.1, -0.05) is 48.9 Å². The topological polar surface area (TPSA) is 78.9 Å². The Bertz CT molecular complexity index is 864. The third-order valence-electron chi connectivity index (χ3n) is 5.60. The number of carbonyl (C=O) groups excluding carboxylic acids is 1. The van der Waals surface area contributed by atoms with E-state index in [1.54, 1.807) is 24.3 Å². The highest BCUT2D eigenvalue weighted by atomic mass is 16.5. The van der Waals surface area contributed by atoms with Crippen LogP contribution in [0.5, 0.6) is 5.75 Å². The van der Waals surface area contributed by atoms with E-state index in [1.165, 1.54) is 11.1 Å². The van der Waals surface area contributed by atoms with Crippen molar-refractivity contribution in [2.24, 2.45) is 0 Å². The summed E-state index contributed by atoms with van der Waals surface area (Å²) in [5.74, 6) is -0.148. The minimum absolute atomic E-state index is 0.000298. The van der Waals surface area contributed by atoms with Gasteiger partial charge in [-0.3, -0.25) is 4.79 Å². The molecule has 6 nitrogen and oxygen atoms in total. The zero-order chi connectivity index (χ0) is 21.6. The van der Waals surface area contributed by atoms with Crippen molar-refractivity contribution in [3.8, 4) is 5.75 Å². The van der Waals surface area contributed by atoms with Gasteiger partial charge in [0.05, 0.1) is 18.6 Å². The first-order valence-electron chi connectivity index (χ1n) is 10.5. The summed E-state index contributed by atoms with van der Waals surface area (Å²) in [5, 5.41) is 11.9. The Morgan fingerprint density at radius 3 is 2.43 bits per heavy atom. The van der Waals surface area contributed by atoms with Gasteiger partial charge in [-0.2, -0.15) is 0 Å². The molecule has 0 bridgehead atoms. The molecule has 1 heterocycles. The Morgan fingerprint density at radius 1 is 1.13 bits per heavy atom. The van der Waals surface area contributed by atoms with Gasteiger partial charge in [-0.15, -0.1) is 0 Å². The first kappa shape index (κ1) is 21.7. The van der Waals surface area contributed by atoms with E-state index in [0.29, 0.717) is 31.9 Å². The van der Waals surface area contributed by atoms with Crippen molar-refractivity contribution in [3.63, 3.8) is 0 Å². The molecule has 0 aliphatic carbocycles. The molecule has 1 fully saturated rings.